The highest BCUT2D eigenvalue weighted by molar-refractivity contribution is 5.33. The van der Waals surface area contributed by atoms with Gasteiger partial charge in [-0.25, -0.2) is 4.39 Å². The Morgan fingerprint density at radius 1 is 1.26 bits per heavy atom. The Morgan fingerprint density at radius 3 is 2.89 bits per heavy atom. The number of aromatic nitrogens is 1. The molecule has 4 heteroatoms. The molecule has 0 radical (unpaired) electrons. The van der Waals surface area contributed by atoms with Gasteiger partial charge in [0.15, 0.2) is 0 Å². The van der Waals surface area contributed by atoms with E-state index in [1.807, 2.05) is 6.07 Å². The summed E-state index contributed by atoms with van der Waals surface area (Å²) in [7, 11) is 0. The first-order chi connectivity index (χ1) is 9.28. The van der Waals surface area contributed by atoms with E-state index in [2.05, 4.69) is 17.2 Å². The zero-order valence-corrected chi connectivity index (χ0v) is 10.9. The van der Waals surface area contributed by atoms with Gasteiger partial charge < -0.3 is 10.1 Å². The lowest BCUT2D eigenvalue weighted by Gasteiger charge is -2.08. The molecule has 1 aromatic carbocycles. The summed E-state index contributed by atoms with van der Waals surface area (Å²) in [5.74, 6) is 0.788. The fourth-order valence-corrected chi connectivity index (χ4v) is 1.73. The largest absolute Gasteiger partial charge is 0.456 e. The predicted molar refractivity (Wildman–Crippen MR) is 72.7 cm³/mol. The summed E-state index contributed by atoms with van der Waals surface area (Å²) in [5, 5.41) is 3.24. The summed E-state index contributed by atoms with van der Waals surface area (Å²) < 4.78 is 19.1. The molecule has 0 unspecified atom stereocenters. The van der Waals surface area contributed by atoms with Crippen molar-refractivity contribution in [2.45, 2.75) is 19.9 Å². The van der Waals surface area contributed by atoms with Crippen LogP contribution in [0.2, 0.25) is 0 Å². The Morgan fingerprint density at radius 2 is 2.16 bits per heavy atom. The van der Waals surface area contributed by atoms with E-state index in [9.17, 15) is 4.39 Å². The van der Waals surface area contributed by atoms with Gasteiger partial charge in [-0.15, -0.1) is 0 Å². The van der Waals surface area contributed by atoms with Gasteiger partial charge in [-0.2, -0.15) is 0 Å². The van der Waals surface area contributed by atoms with Crippen LogP contribution in [0.25, 0.3) is 0 Å². The van der Waals surface area contributed by atoms with E-state index in [0.717, 1.165) is 18.5 Å². The number of halogens is 1. The second-order valence-electron chi connectivity index (χ2n) is 4.26. The van der Waals surface area contributed by atoms with Gasteiger partial charge in [0, 0.05) is 18.8 Å². The van der Waals surface area contributed by atoms with E-state index >= 15 is 0 Å². The lowest BCUT2D eigenvalue weighted by atomic mass is 10.2. The molecular weight excluding hydrogens is 243 g/mol. The summed E-state index contributed by atoms with van der Waals surface area (Å²) in [4.78, 5) is 3.96. The van der Waals surface area contributed by atoms with Gasteiger partial charge in [0.05, 0.1) is 6.20 Å². The van der Waals surface area contributed by atoms with Crippen molar-refractivity contribution < 1.29 is 9.13 Å². The number of pyridine rings is 1. The molecule has 19 heavy (non-hydrogen) atoms. The van der Waals surface area contributed by atoms with Gasteiger partial charge >= 0.3 is 0 Å². The molecule has 0 atom stereocenters. The molecular formula is C15H17FN2O. The molecule has 0 saturated heterocycles. The maximum atomic E-state index is 13.5. The third-order valence-corrected chi connectivity index (χ3v) is 2.56. The van der Waals surface area contributed by atoms with Crippen molar-refractivity contribution in [2.75, 3.05) is 6.54 Å². The zero-order valence-electron chi connectivity index (χ0n) is 10.9. The van der Waals surface area contributed by atoms with E-state index < -0.39 is 0 Å². The maximum Gasteiger partial charge on any atom is 0.145 e. The van der Waals surface area contributed by atoms with Crippen molar-refractivity contribution in [2.24, 2.45) is 0 Å². The zero-order chi connectivity index (χ0) is 13.5. The maximum absolute atomic E-state index is 13.5. The minimum atomic E-state index is -0.297. The Bertz CT molecular complexity index is 517. The van der Waals surface area contributed by atoms with Crippen LogP contribution in [0, 0.1) is 5.82 Å². The average molecular weight is 260 g/mol. The fourth-order valence-electron chi connectivity index (χ4n) is 1.73. The molecule has 0 aliphatic carbocycles. The van der Waals surface area contributed by atoms with Crippen LogP contribution in [0.15, 0.2) is 42.7 Å². The lowest BCUT2D eigenvalue weighted by Crippen LogP contribution is -2.13. The highest BCUT2D eigenvalue weighted by Gasteiger charge is 2.03. The number of benzene rings is 1. The summed E-state index contributed by atoms with van der Waals surface area (Å²) in [6, 6.07) is 8.28. The van der Waals surface area contributed by atoms with Crippen molar-refractivity contribution >= 4 is 0 Å². The van der Waals surface area contributed by atoms with Crippen LogP contribution in [0.1, 0.15) is 18.9 Å². The SMILES string of the molecule is CCCNCc1cc(F)cc(Oc2cccnc2)c1. The Labute approximate surface area is 112 Å². The summed E-state index contributed by atoms with van der Waals surface area (Å²) in [5.41, 5.74) is 0.868. The molecule has 0 bridgehead atoms. The molecule has 3 nitrogen and oxygen atoms in total. The molecule has 0 aliphatic heterocycles. The number of nitrogens with zero attached hydrogens (tertiary/aromatic N) is 1. The van der Waals surface area contributed by atoms with Crippen molar-refractivity contribution in [1.29, 1.82) is 0 Å². The Balaban J connectivity index is 2.08. The summed E-state index contributed by atoms with van der Waals surface area (Å²) in [6.45, 7) is 3.64. The van der Waals surface area contributed by atoms with Crippen LogP contribution in [0.3, 0.4) is 0 Å². The first-order valence-electron chi connectivity index (χ1n) is 6.36. The van der Waals surface area contributed by atoms with Crippen molar-refractivity contribution in [1.82, 2.24) is 10.3 Å². The molecule has 0 aliphatic rings. The third kappa shape index (κ3) is 4.34. The third-order valence-electron chi connectivity index (χ3n) is 2.56. The first kappa shape index (κ1) is 13.5. The van der Waals surface area contributed by atoms with E-state index in [1.165, 1.54) is 12.1 Å². The van der Waals surface area contributed by atoms with Crippen molar-refractivity contribution in [3.8, 4) is 11.5 Å². The molecule has 2 aromatic rings. The number of hydrogen-bond acceptors (Lipinski definition) is 3. The number of nitrogens with one attached hydrogen (secondary N) is 1. The van der Waals surface area contributed by atoms with Gasteiger partial charge in [0.1, 0.15) is 17.3 Å². The summed E-state index contributed by atoms with van der Waals surface area (Å²) in [6.07, 6.45) is 4.31. The van der Waals surface area contributed by atoms with Crippen LogP contribution in [0.5, 0.6) is 11.5 Å². The van der Waals surface area contributed by atoms with Crippen molar-refractivity contribution in [3.05, 3.63) is 54.1 Å². The number of hydrogen-bond donors (Lipinski definition) is 1. The average Bonchev–Trinajstić information content (AvgIpc) is 2.39. The minimum Gasteiger partial charge on any atom is -0.456 e. The Kier molecular flexibility index (Phi) is 4.86. The molecule has 0 amide bonds. The van der Waals surface area contributed by atoms with E-state index in [1.54, 1.807) is 24.5 Å². The van der Waals surface area contributed by atoms with Crippen LogP contribution >= 0.6 is 0 Å². The monoisotopic (exact) mass is 260 g/mol. The first-order valence-corrected chi connectivity index (χ1v) is 6.36. The predicted octanol–water partition coefficient (Wildman–Crippen LogP) is 3.51. The smallest absolute Gasteiger partial charge is 0.145 e. The summed E-state index contributed by atoms with van der Waals surface area (Å²) >= 11 is 0. The minimum absolute atomic E-state index is 0.297. The van der Waals surface area contributed by atoms with Gasteiger partial charge in [0.25, 0.3) is 0 Å². The molecule has 0 saturated carbocycles. The van der Waals surface area contributed by atoms with Gasteiger partial charge in [0.2, 0.25) is 0 Å². The number of ether oxygens (including phenoxy) is 1. The standard InChI is InChI=1S/C15H17FN2O/c1-2-5-17-10-12-7-13(16)9-15(8-12)19-14-4-3-6-18-11-14/h3-4,6-9,11,17H,2,5,10H2,1H3. The molecule has 1 aromatic heterocycles. The quantitative estimate of drug-likeness (QED) is 0.807. The van der Waals surface area contributed by atoms with Crippen molar-refractivity contribution in [3.63, 3.8) is 0 Å². The van der Waals surface area contributed by atoms with Gasteiger partial charge in [-0.05, 0) is 42.8 Å². The normalized spacial score (nSPS) is 10.4. The molecule has 1 heterocycles. The van der Waals surface area contributed by atoms with Gasteiger partial charge in [-0.1, -0.05) is 6.92 Å². The van der Waals surface area contributed by atoms with E-state index in [4.69, 9.17) is 4.74 Å². The van der Waals surface area contributed by atoms with Gasteiger partial charge in [-0.3, -0.25) is 4.98 Å². The molecule has 0 spiro atoms. The highest BCUT2D eigenvalue weighted by atomic mass is 19.1. The Hall–Kier alpha value is -1.94. The molecule has 0 fully saturated rings. The fraction of sp³-hybridized carbons (Fsp3) is 0.267. The molecule has 100 valence electrons. The topological polar surface area (TPSA) is 34.1 Å². The van der Waals surface area contributed by atoms with E-state index in [-0.39, 0.29) is 5.82 Å². The van der Waals surface area contributed by atoms with Crippen LogP contribution < -0.4 is 10.1 Å². The van der Waals surface area contributed by atoms with Crippen LogP contribution in [-0.2, 0) is 6.54 Å². The van der Waals surface area contributed by atoms with E-state index in [0.29, 0.717) is 18.0 Å². The van der Waals surface area contributed by atoms with Crippen LogP contribution in [-0.4, -0.2) is 11.5 Å². The second-order valence-corrected chi connectivity index (χ2v) is 4.26. The lowest BCUT2D eigenvalue weighted by molar-refractivity contribution is 0.473. The molecule has 2 rings (SSSR count). The number of rotatable bonds is 6. The molecule has 1 N–H and O–H groups in total. The van der Waals surface area contributed by atoms with Crippen LogP contribution in [0.4, 0.5) is 4.39 Å². The second kappa shape index (κ2) is 6.85. The highest BCUT2D eigenvalue weighted by Crippen LogP contribution is 2.22.